The Balaban J connectivity index is 1.40. The van der Waals surface area contributed by atoms with E-state index in [-0.39, 0.29) is 17.5 Å². The van der Waals surface area contributed by atoms with Crippen LogP contribution in [0.2, 0.25) is 0 Å². The average molecular weight is 534 g/mol. The molecule has 2 aromatic rings. The average Bonchev–Trinajstić information content (AvgIpc) is 3.01. The standard InChI is InChI=1S/C22H20BrN3O4S2/c23-16-6-4-5-15(13-16)14-19-21(28)25(22(31)32-19)12-3-1-2-7-20(27)24-17-8-10-18(11-9-17)26(29)30/h4-6,8-11,13-14H,1-3,7,12H2,(H,24,27)/b19-14-. The van der Waals surface area contributed by atoms with Crippen molar-refractivity contribution in [2.75, 3.05) is 11.9 Å². The van der Waals surface area contributed by atoms with Crippen molar-refractivity contribution < 1.29 is 14.5 Å². The Kier molecular flexibility index (Phi) is 8.54. The molecule has 2 amide bonds. The van der Waals surface area contributed by atoms with Gasteiger partial charge < -0.3 is 5.32 Å². The summed E-state index contributed by atoms with van der Waals surface area (Å²) in [5.74, 6) is -0.239. The van der Waals surface area contributed by atoms with Crippen LogP contribution in [-0.4, -0.2) is 32.5 Å². The fourth-order valence-corrected chi connectivity index (χ4v) is 4.79. The second kappa shape index (κ2) is 11.3. The van der Waals surface area contributed by atoms with Gasteiger partial charge in [-0.2, -0.15) is 0 Å². The molecule has 2 aromatic carbocycles. The maximum absolute atomic E-state index is 12.7. The van der Waals surface area contributed by atoms with Crippen LogP contribution in [0, 0.1) is 10.1 Å². The number of carbonyl (C=O) groups is 2. The summed E-state index contributed by atoms with van der Waals surface area (Å²) in [6.07, 6.45) is 4.35. The van der Waals surface area contributed by atoms with Crippen LogP contribution in [0.4, 0.5) is 11.4 Å². The largest absolute Gasteiger partial charge is 0.326 e. The van der Waals surface area contributed by atoms with Crippen molar-refractivity contribution in [1.29, 1.82) is 0 Å². The van der Waals surface area contributed by atoms with Crippen molar-refractivity contribution in [3.63, 3.8) is 0 Å². The molecule has 0 aliphatic carbocycles. The maximum atomic E-state index is 12.7. The molecule has 0 saturated carbocycles. The molecular weight excluding hydrogens is 514 g/mol. The monoisotopic (exact) mass is 533 g/mol. The summed E-state index contributed by atoms with van der Waals surface area (Å²) >= 11 is 10.1. The molecule has 1 fully saturated rings. The number of benzene rings is 2. The van der Waals surface area contributed by atoms with Crippen LogP contribution in [-0.2, 0) is 9.59 Å². The molecule has 0 atom stereocenters. The van der Waals surface area contributed by atoms with E-state index in [1.807, 2.05) is 30.3 Å². The van der Waals surface area contributed by atoms with Gasteiger partial charge in [0.2, 0.25) is 5.91 Å². The van der Waals surface area contributed by atoms with Crippen molar-refractivity contribution in [2.24, 2.45) is 0 Å². The van der Waals surface area contributed by atoms with Gasteiger partial charge >= 0.3 is 0 Å². The van der Waals surface area contributed by atoms with Crippen LogP contribution in [0.25, 0.3) is 6.08 Å². The van der Waals surface area contributed by atoms with Crippen LogP contribution in [0.1, 0.15) is 31.2 Å². The number of unbranched alkanes of at least 4 members (excludes halogenated alkanes) is 2. The zero-order valence-corrected chi connectivity index (χ0v) is 20.2. The van der Waals surface area contributed by atoms with E-state index < -0.39 is 4.92 Å². The molecule has 1 heterocycles. The van der Waals surface area contributed by atoms with Gasteiger partial charge in [0.25, 0.3) is 11.6 Å². The quantitative estimate of drug-likeness (QED) is 0.145. The van der Waals surface area contributed by atoms with Gasteiger partial charge in [-0.05, 0) is 48.7 Å². The van der Waals surface area contributed by atoms with Gasteiger partial charge in [-0.15, -0.1) is 0 Å². The van der Waals surface area contributed by atoms with Gasteiger partial charge in [0.1, 0.15) is 4.32 Å². The van der Waals surface area contributed by atoms with Gasteiger partial charge in [-0.25, -0.2) is 0 Å². The van der Waals surface area contributed by atoms with Crippen LogP contribution in [0.3, 0.4) is 0 Å². The highest BCUT2D eigenvalue weighted by molar-refractivity contribution is 9.10. The minimum atomic E-state index is -0.486. The van der Waals surface area contributed by atoms with Crippen LogP contribution in [0.5, 0.6) is 0 Å². The molecule has 1 aliphatic rings. The number of anilines is 1. The Labute approximate surface area is 203 Å². The van der Waals surface area contributed by atoms with E-state index in [4.69, 9.17) is 12.2 Å². The lowest BCUT2D eigenvalue weighted by Crippen LogP contribution is -2.29. The SMILES string of the molecule is O=C(CCCCCN1C(=O)/C(=C/c2cccc(Br)c2)SC1=S)Nc1ccc([N+](=O)[O-])cc1. The number of hydrogen-bond acceptors (Lipinski definition) is 6. The predicted molar refractivity (Wildman–Crippen MR) is 134 cm³/mol. The molecule has 0 aromatic heterocycles. The first kappa shape index (κ1) is 24.1. The smallest absolute Gasteiger partial charge is 0.269 e. The second-order valence-electron chi connectivity index (χ2n) is 7.05. The molecule has 1 N–H and O–H groups in total. The first-order valence-corrected chi connectivity index (χ1v) is 11.9. The lowest BCUT2D eigenvalue weighted by molar-refractivity contribution is -0.384. The van der Waals surface area contributed by atoms with Gasteiger partial charge in [0, 0.05) is 35.3 Å². The Bertz CT molecular complexity index is 1070. The van der Waals surface area contributed by atoms with Crippen LogP contribution in [0.15, 0.2) is 57.9 Å². The Hall–Kier alpha value is -2.56. The number of non-ortho nitro benzene ring substituents is 1. The molecule has 0 bridgehead atoms. The Morgan fingerprint density at radius 2 is 1.94 bits per heavy atom. The molecule has 7 nitrogen and oxygen atoms in total. The number of thiocarbonyl (C=S) groups is 1. The highest BCUT2D eigenvalue weighted by atomic mass is 79.9. The van der Waals surface area contributed by atoms with Crippen LogP contribution >= 0.6 is 39.9 Å². The maximum Gasteiger partial charge on any atom is 0.269 e. The number of nitro groups is 1. The zero-order chi connectivity index (χ0) is 23.1. The number of thioether (sulfide) groups is 1. The topological polar surface area (TPSA) is 92.6 Å². The van der Waals surface area contributed by atoms with E-state index >= 15 is 0 Å². The van der Waals surface area contributed by atoms with Gasteiger partial charge in [-0.3, -0.25) is 24.6 Å². The number of nitrogens with zero attached hydrogens (tertiary/aromatic N) is 2. The Morgan fingerprint density at radius 1 is 1.19 bits per heavy atom. The molecule has 166 valence electrons. The summed E-state index contributed by atoms with van der Waals surface area (Å²) in [6, 6.07) is 13.4. The first-order valence-electron chi connectivity index (χ1n) is 9.89. The van der Waals surface area contributed by atoms with E-state index in [0.29, 0.717) is 34.3 Å². The minimum absolute atomic E-state index is 0.0230. The summed E-state index contributed by atoms with van der Waals surface area (Å²) in [7, 11) is 0. The zero-order valence-electron chi connectivity index (χ0n) is 17.0. The van der Waals surface area contributed by atoms with Gasteiger partial charge in [-0.1, -0.05) is 58.5 Å². The van der Waals surface area contributed by atoms with E-state index in [2.05, 4.69) is 21.2 Å². The summed E-state index contributed by atoms with van der Waals surface area (Å²) in [5.41, 5.74) is 1.43. The third-order valence-corrected chi connectivity index (χ3v) is 6.54. The van der Waals surface area contributed by atoms with E-state index in [9.17, 15) is 19.7 Å². The van der Waals surface area contributed by atoms with Gasteiger partial charge in [0.15, 0.2) is 0 Å². The number of hydrogen-bond donors (Lipinski definition) is 1. The summed E-state index contributed by atoms with van der Waals surface area (Å²) in [5, 5.41) is 13.4. The van der Waals surface area contributed by atoms with Gasteiger partial charge in [0.05, 0.1) is 9.83 Å². The van der Waals surface area contributed by atoms with Crippen molar-refractivity contribution in [3.05, 3.63) is 73.6 Å². The molecule has 32 heavy (non-hydrogen) atoms. The predicted octanol–water partition coefficient (Wildman–Crippen LogP) is 5.76. The van der Waals surface area contributed by atoms with Crippen molar-refractivity contribution in [3.8, 4) is 0 Å². The fraction of sp³-hybridized carbons (Fsp3) is 0.227. The third kappa shape index (κ3) is 6.72. The molecule has 0 radical (unpaired) electrons. The summed E-state index contributed by atoms with van der Waals surface area (Å²) in [6.45, 7) is 0.518. The number of rotatable bonds is 9. The Morgan fingerprint density at radius 3 is 2.62 bits per heavy atom. The summed E-state index contributed by atoms with van der Waals surface area (Å²) < 4.78 is 1.49. The number of nitro benzene ring substituents is 1. The first-order chi connectivity index (χ1) is 15.3. The van der Waals surface area contributed by atoms with Crippen molar-refractivity contribution in [1.82, 2.24) is 4.90 Å². The molecule has 1 aliphatic heterocycles. The van der Waals surface area contributed by atoms with Crippen molar-refractivity contribution in [2.45, 2.75) is 25.7 Å². The van der Waals surface area contributed by atoms with E-state index in [1.54, 1.807) is 4.90 Å². The van der Waals surface area contributed by atoms with E-state index in [0.717, 1.165) is 22.9 Å². The lowest BCUT2D eigenvalue weighted by Gasteiger charge is -2.14. The van der Waals surface area contributed by atoms with Crippen LogP contribution < -0.4 is 5.32 Å². The van der Waals surface area contributed by atoms with Crippen molar-refractivity contribution >= 4 is 73.5 Å². The molecule has 1 saturated heterocycles. The lowest BCUT2D eigenvalue weighted by atomic mass is 10.1. The van der Waals surface area contributed by atoms with E-state index in [1.165, 1.54) is 36.0 Å². The minimum Gasteiger partial charge on any atom is -0.326 e. The second-order valence-corrected chi connectivity index (χ2v) is 9.64. The molecule has 0 spiro atoms. The number of halogens is 1. The molecular formula is C22H20BrN3O4S2. The molecule has 3 rings (SSSR count). The number of nitrogens with one attached hydrogen (secondary N) is 1. The highest BCUT2D eigenvalue weighted by Gasteiger charge is 2.31. The highest BCUT2D eigenvalue weighted by Crippen LogP contribution is 2.33. The fourth-order valence-electron chi connectivity index (χ4n) is 3.06. The number of amides is 2. The number of carbonyl (C=O) groups excluding carboxylic acids is 2. The molecule has 10 heteroatoms. The third-order valence-electron chi connectivity index (χ3n) is 4.67. The molecule has 0 unspecified atom stereocenters. The summed E-state index contributed by atoms with van der Waals surface area (Å²) in [4.78, 5) is 37.1. The normalized spacial score (nSPS) is 14.8.